The van der Waals surface area contributed by atoms with Crippen molar-refractivity contribution >= 4 is 23.0 Å². The zero-order chi connectivity index (χ0) is 17.3. The number of fused-ring (bicyclic) bond motifs is 1. The van der Waals surface area contributed by atoms with Gasteiger partial charge in [0.05, 0.1) is 15.9 Å². The Bertz CT molecular complexity index is 849. The minimum atomic E-state index is -0.768. The summed E-state index contributed by atoms with van der Waals surface area (Å²) < 4.78 is 0. The maximum absolute atomic E-state index is 12.8. The molecule has 24 heavy (non-hydrogen) atoms. The molecule has 0 radical (unpaired) electrons. The third-order valence-electron chi connectivity index (χ3n) is 3.97. The second kappa shape index (κ2) is 6.07. The number of anilines is 1. The molecule has 1 heterocycles. The van der Waals surface area contributed by atoms with Gasteiger partial charge in [0, 0.05) is 18.3 Å². The Balaban J connectivity index is 2.05. The van der Waals surface area contributed by atoms with Gasteiger partial charge < -0.3 is 4.90 Å². The fraction of sp³-hybridized carbons (Fsp3) is 0.188. The van der Waals surface area contributed by atoms with E-state index in [1.54, 1.807) is 12.1 Å². The summed E-state index contributed by atoms with van der Waals surface area (Å²) in [5, 5.41) is 22.1. The number of rotatable bonds is 3. The first-order chi connectivity index (χ1) is 11.5. The number of carbonyl (C=O) groups is 1. The molecule has 0 unspecified atom stereocenters. The minimum Gasteiger partial charge on any atom is -0.308 e. The highest BCUT2D eigenvalue weighted by molar-refractivity contribution is 6.09. The lowest BCUT2D eigenvalue weighted by molar-refractivity contribution is -0.394. The van der Waals surface area contributed by atoms with Crippen LogP contribution in [0.15, 0.2) is 42.5 Å². The van der Waals surface area contributed by atoms with E-state index in [0.717, 1.165) is 42.3 Å². The first-order valence-electron chi connectivity index (χ1n) is 7.31. The van der Waals surface area contributed by atoms with Gasteiger partial charge in [0.25, 0.3) is 17.3 Å². The van der Waals surface area contributed by atoms with E-state index < -0.39 is 27.1 Å². The Labute approximate surface area is 136 Å². The number of nitrogens with zero attached hydrogens (tertiary/aromatic N) is 3. The summed E-state index contributed by atoms with van der Waals surface area (Å²) in [4.78, 5) is 34.9. The van der Waals surface area contributed by atoms with Gasteiger partial charge in [0.2, 0.25) is 0 Å². The Hall–Kier alpha value is -3.29. The topological polar surface area (TPSA) is 107 Å². The summed E-state index contributed by atoms with van der Waals surface area (Å²) in [6.45, 7) is 0.448. The summed E-state index contributed by atoms with van der Waals surface area (Å²) in [5.41, 5.74) is 0.597. The van der Waals surface area contributed by atoms with Crippen LogP contribution >= 0.6 is 0 Å². The van der Waals surface area contributed by atoms with Gasteiger partial charge >= 0.3 is 0 Å². The standard InChI is InChI=1S/C16H13N3O5/c20-16(17-9-3-5-11-4-1-2-6-14(11)17)13-8-7-12(18(21)22)10-15(13)19(23)24/h1-2,4,6-8,10H,3,5,9H2. The third kappa shape index (κ3) is 2.69. The zero-order valence-corrected chi connectivity index (χ0v) is 12.5. The molecule has 0 aliphatic carbocycles. The Morgan fingerprint density at radius 2 is 1.79 bits per heavy atom. The normalized spacial score (nSPS) is 13.2. The average molecular weight is 327 g/mol. The summed E-state index contributed by atoms with van der Waals surface area (Å²) in [7, 11) is 0. The number of nitro groups is 2. The number of nitro benzene ring substituents is 2. The molecule has 0 saturated heterocycles. The zero-order valence-electron chi connectivity index (χ0n) is 12.5. The molecule has 0 atom stereocenters. The van der Waals surface area contributed by atoms with Crippen LogP contribution < -0.4 is 4.90 Å². The smallest absolute Gasteiger partial charge is 0.289 e. The largest absolute Gasteiger partial charge is 0.308 e. The summed E-state index contributed by atoms with van der Waals surface area (Å²) in [6.07, 6.45) is 1.59. The summed E-state index contributed by atoms with van der Waals surface area (Å²) >= 11 is 0. The highest BCUT2D eigenvalue weighted by Crippen LogP contribution is 2.31. The van der Waals surface area contributed by atoms with Crippen molar-refractivity contribution in [2.24, 2.45) is 0 Å². The van der Waals surface area contributed by atoms with E-state index in [-0.39, 0.29) is 5.56 Å². The molecule has 8 heteroatoms. The molecule has 122 valence electrons. The molecule has 0 fully saturated rings. The number of non-ortho nitro benzene ring substituents is 1. The van der Waals surface area contributed by atoms with Crippen LogP contribution in [0.3, 0.4) is 0 Å². The van der Waals surface area contributed by atoms with Gasteiger partial charge in [0.1, 0.15) is 5.56 Å². The average Bonchev–Trinajstić information content (AvgIpc) is 2.60. The van der Waals surface area contributed by atoms with E-state index in [1.807, 2.05) is 12.1 Å². The predicted molar refractivity (Wildman–Crippen MR) is 86.2 cm³/mol. The van der Waals surface area contributed by atoms with Crippen molar-refractivity contribution in [1.82, 2.24) is 0 Å². The van der Waals surface area contributed by atoms with Gasteiger partial charge in [0.15, 0.2) is 0 Å². The van der Waals surface area contributed by atoms with Gasteiger partial charge in [-0.1, -0.05) is 18.2 Å². The SMILES string of the molecule is O=C(c1ccc([N+](=O)[O-])cc1[N+](=O)[O-])N1CCCc2ccccc21. The van der Waals surface area contributed by atoms with Crippen molar-refractivity contribution in [1.29, 1.82) is 0 Å². The lowest BCUT2D eigenvalue weighted by atomic mass is 10.0. The minimum absolute atomic E-state index is 0.151. The molecule has 8 nitrogen and oxygen atoms in total. The molecule has 2 aromatic carbocycles. The Morgan fingerprint density at radius 3 is 2.50 bits per heavy atom. The maximum Gasteiger partial charge on any atom is 0.289 e. The van der Waals surface area contributed by atoms with Gasteiger partial charge in [-0.15, -0.1) is 0 Å². The lowest BCUT2D eigenvalue weighted by Gasteiger charge is -2.29. The number of carbonyl (C=O) groups excluding carboxylic acids is 1. The van der Waals surface area contributed by atoms with Crippen LogP contribution in [-0.2, 0) is 6.42 Å². The quantitative estimate of drug-likeness (QED) is 0.636. The number of amides is 1. The highest BCUT2D eigenvalue weighted by atomic mass is 16.6. The molecule has 1 amide bonds. The molecule has 0 bridgehead atoms. The molecule has 0 N–H and O–H groups in total. The van der Waals surface area contributed by atoms with Crippen LogP contribution in [0, 0.1) is 20.2 Å². The van der Waals surface area contributed by atoms with Crippen molar-refractivity contribution in [2.75, 3.05) is 11.4 Å². The van der Waals surface area contributed by atoms with Gasteiger partial charge in [-0.05, 0) is 30.5 Å². The molecule has 0 aromatic heterocycles. The molecule has 1 aliphatic heterocycles. The van der Waals surface area contributed by atoms with Crippen LogP contribution in [0.1, 0.15) is 22.3 Å². The third-order valence-corrected chi connectivity index (χ3v) is 3.97. The fourth-order valence-electron chi connectivity index (χ4n) is 2.86. The van der Waals surface area contributed by atoms with E-state index in [0.29, 0.717) is 6.54 Å². The molecule has 3 rings (SSSR count). The summed E-state index contributed by atoms with van der Waals surface area (Å²) in [5.74, 6) is -0.524. The number of hydrogen-bond donors (Lipinski definition) is 0. The number of para-hydroxylation sites is 1. The van der Waals surface area contributed by atoms with E-state index in [1.165, 1.54) is 4.90 Å². The molecule has 1 aliphatic rings. The van der Waals surface area contributed by atoms with Gasteiger partial charge in [-0.25, -0.2) is 0 Å². The first kappa shape index (κ1) is 15.6. The highest BCUT2D eigenvalue weighted by Gasteiger charge is 2.30. The van der Waals surface area contributed by atoms with Crippen molar-refractivity contribution < 1.29 is 14.6 Å². The van der Waals surface area contributed by atoms with E-state index in [4.69, 9.17) is 0 Å². The van der Waals surface area contributed by atoms with E-state index >= 15 is 0 Å². The van der Waals surface area contributed by atoms with Gasteiger partial charge in [-0.2, -0.15) is 0 Å². The predicted octanol–water partition coefficient (Wildman–Crippen LogP) is 3.10. The van der Waals surface area contributed by atoms with Gasteiger partial charge in [-0.3, -0.25) is 25.0 Å². The lowest BCUT2D eigenvalue weighted by Crippen LogP contribution is -2.35. The Kier molecular flexibility index (Phi) is 3.95. The maximum atomic E-state index is 12.8. The molecule has 0 saturated carbocycles. The van der Waals surface area contributed by atoms with Crippen molar-refractivity contribution in [3.05, 3.63) is 73.8 Å². The van der Waals surface area contributed by atoms with Crippen molar-refractivity contribution in [3.8, 4) is 0 Å². The van der Waals surface area contributed by atoms with Crippen molar-refractivity contribution in [3.63, 3.8) is 0 Å². The van der Waals surface area contributed by atoms with E-state index in [2.05, 4.69) is 0 Å². The van der Waals surface area contributed by atoms with Crippen LogP contribution in [0.4, 0.5) is 17.1 Å². The van der Waals surface area contributed by atoms with Crippen LogP contribution in [0.5, 0.6) is 0 Å². The molecule has 2 aromatic rings. The molecular formula is C16H13N3O5. The monoisotopic (exact) mass is 327 g/mol. The second-order valence-corrected chi connectivity index (χ2v) is 5.40. The fourth-order valence-corrected chi connectivity index (χ4v) is 2.86. The second-order valence-electron chi connectivity index (χ2n) is 5.40. The van der Waals surface area contributed by atoms with Crippen LogP contribution in [0.2, 0.25) is 0 Å². The van der Waals surface area contributed by atoms with Crippen LogP contribution in [0.25, 0.3) is 0 Å². The number of benzene rings is 2. The van der Waals surface area contributed by atoms with E-state index in [9.17, 15) is 25.0 Å². The van der Waals surface area contributed by atoms with Crippen molar-refractivity contribution in [2.45, 2.75) is 12.8 Å². The molecular weight excluding hydrogens is 314 g/mol. The first-order valence-corrected chi connectivity index (χ1v) is 7.31. The number of aryl methyl sites for hydroxylation is 1. The number of hydrogen-bond acceptors (Lipinski definition) is 5. The van der Waals surface area contributed by atoms with Crippen LogP contribution in [-0.4, -0.2) is 22.3 Å². The summed E-state index contributed by atoms with van der Waals surface area (Å²) in [6, 6.07) is 10.5. The molecule has 0 spiro atoms. The Morgan fingerprint density at radius 1 is 1.04 bits per heavy atom.